The summed E-state index contributed by atoms with van der Waals surface area (Å²) >= 11 is 1.65. The lowest BCUT2D eigenvalue weighted by Crippen LogP contribution is -2.12. The van der Waals surface area contributed by atoms with Crippen molar-refractivity contribution in [3.8, 4) is 0 Å². The normalized spacial score (nSPS) is 10.2. The quantitative estimate of drug-likeness (QED) is 0.643. The first-order chi connectivity index (χ1) is 8.16. The molecular weight excluding hydrogens is 230 g/mol. The number of aryl methyl sites for hydroxylation is 1. The van der Waals surface area contributed by atoms with Crippen LogP contribution in [-0.4, -0.2) is 10.8 Å². The lowest BCUT2D eigenvalue weighted by atomic mass is 10.2. The molecule has 0 aliphatic carbocycles. The van der Waals surface area contributed by atoms with Gasteiger partial charge in [-0.1, -0.05) is 30.0 Å². The Morgan fingerprint density at radius 3 is 2.76 bits per heavy atom. The summed E-state index contributed by atoms with van der Waals surface area (Å²) in [5.41, 5.74) is 7.17. The highest BCUT2D eigenvalue weighted by Crippen LogP contribution is 2.29. The molecule has 0 atom stereocenters. The zero-order chi connectivity index (χ0) is 12.3. The Kier molecular flexibility index (Phi) is 3.44. The number of nitrogens with one attached hydrogen (secondary N) is 1. The lowest BCUT2D eigenvalue weighted by Gasteiger charge is -2.06. The van der Waals surface area contributed by atoms with Gasteiger partial charge in [-0.15, -0.1) is 0 Å². The Bertz CT molecular complexity index is 552. The Labute approximate surface area is 105 Å². The Balaban J connectivity index is 2.28. The molecule has 0 aliphatic heterocycles. The molecule has 0 amide bonds. The molecule has 2 aromatic rings. The number of amidine groups is 1. The van der Waals surface area contributed by atoms with Crippen LogP contribution in [0, 0.1) is 12.3 Å². The molecule has 0 bridgehead atoms. The minimum Gasteiger partial charge on any atom is -0.382 e. The average molecular weight is 243 g/mol. The van der Waals surface area contributed by atoms with Gasteiger partial charge < -0.3 is 5.73 Å². The van der Waals surface area contributed by atoms with E-state index in [9.17, 15) is 0 Å². The van der Waals surface area contributed by atoms with E-state index < -0.39 is 0 Å². The molecule has 3 nitrogen and oxygen atoms in total. The monoisotopic (exact) mass is 243 g/mol. The number of aromatic nitrogens is 1. The topological polar surface area (TPSA) is 62.8 Å². The fraction of sp³-hybridized carbons (Fsp3) is 0.0769. The van der Waals surface area contributed by atoms with Gasteiger partial charge in [0.2, 0.25) is 0 Å². The van der Waals surface area contributed by atoms with E-state index in [2.05, 4.69) is 24.0 Å². The minimum atomic E-state index is -0.00256. The van der Waals surface area contributed by atoms with E-state index in [0.717, 1.165) is 4.90 Å². The SMILES string of the molecule is Cc1ccccc1Sc1ccnc(C(=N)N)c1. The third-order valence-corrected chi connectivity index (χ3v) is 3.50. The number of hydrogen-bond acceptors (Lipinski definition) is 3. The van der Waals surface area contributed by atoms with Crippen molar-refractivity contribution in [3.63, 3.8) is 0 Å². The van der Waals surface area contributed by atoms with Crippen molar-refractivity contribution in [2.24, 2.45) is 5.73 Å². The Morgan fingerprint density at radius 2 is 2.06 bits per heavy atom. The van der Waals surface area contributed by atoms with Gasteiger partial charge in [0.25, 0.3) is 0 Å². The van der Waals surface area contributed by atoms with Crippen LogP contribution in [0.3, 0.4) is 0 Å². The van der Waals surface area contributed by atoms with Crippen molar-refractivity contribution in [1.82, 2.24) is 4.98 Å². The second kappa shape index (κ2) is 5.01. The summed E-state index contributed by atoms with van der Waals surface area (Å²) in [7, 11) is 0. The first-order valence-corrected chi connectivity index (χ1v) is 6.02. The Hall–Kier alpha value is -1.81. The van der Waals surface area contributed by atoms with E-state index in [-0.39, 0.29) is 5.84 Å². The minimum absolute atomic E-state index is 0.00256. The van der Waals surface area contributed by atoms with E-state index >= 15 is 0 Å². The van der Waals surface area contributed by atoms with Gasteiger partial charge in [0.15, 0.2) is 0 Å². The van der Waals surface area contributed by atoms with E-state index in [1.807, 2.05) is 24.3 Å². The highest BCUT2D eigenvalue weighted by atomic mass is 32.2. The van der Waals surface area contributed by atoms with Gasteiger partial charge >= 0.3 is 0 Å². The van der Waals surface area contributed by atoms with Gasteiger partial charge in [-0.3, -0.25) is 10.4 Å². The Morgan fingerprint density at radius 1 is 1.29 bits per heavy atom. The van der Waals surface area contributed by atoms with Crippen LogP contribution in [-0.2, 0) is 0 Å². The predicted octanol–water partition coefficient (Wildman–Crippen LogP) is 2.83. The average Bonchev–Trinajstić information content (AvgIpc) is 2.32. The van der Waals surface area contributed by atoms with Gasteiger partial charge in [0.05, 0.1) is 0 Å². The van der Waals surface area contributed by atoms with Gasteiger partial charge in [-0.05, 0) is 30.7 Å². The third kappa shape index (κ3) is 2.85. The molecule has 0 saturated heterocycles. The van der Waals surface area contributed by atoms with Crippen LogP contribution < -0.4 is 5.73 Å². The number of nitrogen functional groups attached to an aromatic ring is 1. The maximum atomic E-state index is 7.36. The molecule has 1 aromatic heterocycles. The van der Waals surface area contributed by atoms with Crippen LogP contribution in [0.25, 0.3) is 0 Å². The number of rotatable bonds is 3. The fourth-order valence-corrected chi connectivity index (χ4v) is 2.35. The predicted molar refractivity (Wildman–Crippen MR) is 70.6 cm³/mol. The molecule has 0 fully saturated rings. The summed E-state index contributed by atoms with van der Waals surface area (Å²) in [5.74, 6) is -0.00256. The summed E-state index contributed by atoms with van der Waals surface area (Å²) in [6, 6.07) is 11.9. The summed E-state index contributed by atoms with van der Waals surface area (Å²) in [6.07, 6.45) is 1.68. The molecule has 2 rings (SSSR count). The van der Waals surface area contributed by atoms with Crippen LogP contribution in [0.4, 0.5) is 0 Å². The molecule has 0 spiro atoms. The maximum Gasteiger partial charge on any atom is 0.141 e. The molecule has 17 heavy (non-hydrogen) atoms. The van der Waals surface area contributed by atoms with Crippen LogP contribution in [0.5, 0.6) is 0 Å². The highest BCUT2D eigenvalue weighted by Gasteiger charge is 2.03. The molecule has 86 valence electrons. The van der Waals surface area contributed by atoms with Crippen molar-refractivity contribution >= 4 is 17.6 Å². The molecule has 1 heterocycles. The third-order valence-electron chi connectivity index (χ3n) is 2.33. The van der Waals surface area contributed by atoms with Crippen LogP contribution in [0.15, 0.2) is 52.4 Å². The second-order valence-corrected chi connectivity index (χ2v) is 4.77. The summed E-state index contributed by atoms with van der Waals surface area (Å²) in [4.78, 5) is 6.28. The maximum absolute atomic E-state index is 7.36. The van der Waals surface area contributed by atoms with E-state index in [0.29, 0.717) is 5.69 Å². The molecular formula is C13H13N3S. The molecule has 0 aliphatic rings. The number of nitrogens with two attached hydrogens (primary N) is 1. The zero-order valence-corrected chi connectivity index (χ0v) is 10.3. The molecule has 1 aromatic carbocycles. The van der Waals surface area contributed by atoms with Crippen molar-refractivity contribution in [3.05, 3.63) is 53.9 Å². The largest absolute Gasteiger partial charge is 0.382 e. The summed E-state index contributed by atoms with van der Waals surface area (Å²) in [5, 5.41) is 7.36. The van der Waals surface area contributed by atoms with Crippen molar-refractivity contribution < 1.29 is 0 Å². The van der Waals surface area contributed by atoms with Gasteiger partial charge in [-0.25, -0.2) is 0 Å². The highest BCUT2D eigenvalue weighted by molar-refractivity contribution is 7.99. The first-order valence-electron chi connectivity index (χ1n) is 5.21. The number of benzene rings is 1. The van der Waals surface area contributed by atoms with E-state index in [1.165, 1.54) is 10.5 Å². The second-order valence-electron chi connectivity index (χ2n) is 3.66. The lowest BCUT2D eigenvalue weighted by molar-refractivity contribution is 1.20. The van der Waals surface area contributed by atoms with E-state index in [1.54, 1.807) is 18.0 Å². The molecule has 0 unspecified atom stereocenters. The van der Waals surface area contributed by atoms with Crippen LogP contribution in [0.2, 0.25) is 0 Å². The summed E-state index contributed by atoms with van der Waals surface area (Å²) in [6.45, 7) is 2.08. The standard InChI is InChI=1S/C13H13N3S/c1-9-4-2-3-5-12(9)17-10-6-7-16-11(8-10)13(14)15/h2-8H,1H3,(H3,14,15). The van der Waals surface area contributed by atoms with Crippen molar-refractivity contribution in [1.29, 1.82) is 5.41 Å². The van der Waals surface area contributed by atoms with E-state index in [4.69, 9.17) is 11.1 Å². The summed E-state index contributed by atoms with van der Waals surface area (Å²) < 4.78 is 0. The number of nitrogens with zero attached hydrogens (tertiary/aromatic N) is 1. The van der Waals surface area contributed by atoms with Crippen molar-refractivity contribution in [2.75, 3.05) is 0 Å². The molecule has 4 heteroatoms. The van der Waals surface area contributed by atoms with Gasteiger partial charge in [0, 0.05) is 16.0 Å². The van der Waals surface area contributed by atoms with Gasteiger partial charge in [-0.2, -0.15) is 0 Å². The molecule has 0 radical (unpaired) electrons. The first kappa shape index (κ1) is 11.7. The smallest absolute Gasteiger partial charge is 0.141 e. The van der Waals surface area contributed by atoms with Gasteiger partial charge in [0.1, 0.15) is 11.5 Å². The number of hydrogen-bond donors (Lipinski definition) is 2. The fourth-order valence-electron chi connectivity index (χ4n) is 1.42. The van der Waals surface area contributed by atoms with Crippen LogP contribution in [0.1, 0.15) is 11.3 Å². The molecule has 3 N–H and O–H groups in total. The number of pyridine rings is 1. The zero-order valence-electron chi connectivity index (χ0n) is 9.47. The van der Waals surface area contributed by atoms with Crippen LogP contribution >= 0.6 is 11.8 Å². The molecule has 0 saturated carbocycles. The van der Waals surface area contributed by atoms with Crippen molar-refractivity contribution in [2.45, 2.75) is 16.7 Å².